The number of carboxylic acid groups (broad SMARTS) is 1. The van der Waals surface area contributed by atoms with E-state index in [4.69, 9.17) is 10.2 Å². The maximum Gasteiger partial charge on any atom is 0.328 e. The lowest BCUT2D eigenvalue weighted by molar-refractivity contribution is -0.131. The van der Waals surface area contributed by atoms with E-state index in [-0.39, 0.29) is 12.3 Å². The topological polar surface area (TPSA) is 139 Å². The van der Waals surface area contributed by atoms with Crippen molar-refractivity contribution in [3.63, 3.8) is 0 Å². The van der Waals surface area contributed by atoms with Crippen molar-refractivity contribution in [2.45, 2.75) is 0 Å². The second-order valence-corrected chi connectivity index (χ2v) is 5.78. The van der Waals surface area contributed by atoms with Crippen LogP contribution in [0.4, 0.5) is 10.5 Å². The number of amides is 2. The molecule has 0 saturated carbocycles. The quantitative estimate of drug-likeness (QED) is 0.555. The molecule has 5 N–H and O–H groups in total. The summed E-state index contributed by atoms with van der Waals surface area (Å²) < 4.78 is 21.4. The maximum absolute atomic E-state index is 11.4. The number of urea groups is 1. The van der Waals surface area contributed by atoms with Crippen LogP contribution in [0.15, 0.2) is 30.3 Å². The van der Waals surface area contributed by atoms with E-state index in [0.717, 1.165) is 6.08 Å². The van der Waals surface area contributed by atoms with Crippen LogP contribution < -0.4 is 15.8 Å². The molecule has 21 heavy (non-hydrogen) atoms. The Hall–Kier alpha value is -2.39. The van der Waals surface area contributed by atoms with Crippen molar-refractivity contribution in [3.8, 4) is 0 Å². The van der Waals surface area contributed by atoms with Crippen LogP contribution in [-0.2, 0) is 14.8 Å². The van der Waals surface area contributed by atoms with Gasteiger partial charge in [0.25, 0.3) is 0 Å². The number of nitrogens with one attached hydrogen (secondary N) is 2. The SMILES string of the molecule is NS(=O)(=O)CCNC(=O)Nc1ccc(/C=C/C(=O)O)cc1. The largest absolute Gasteiger partial charge is 0.478 e. The Bertz CT molecular complexity index is 637. The summed E-state index contributed by atoms with van der Waals surface area (Å²) in [5.41, 5.74) is 1.15. The summed E-state index contributed by atoms with van der Waals surface area (Å²) in [7, 11) is -3.61. The van der Waals surface area contributed by atoms with Crippen molar-refractivity contribution in [1.82, 2.24) is 5.32 Å². The summed E-state index contributed by atoms with van der Waals surface area (Å²) in [6.45, 7) is -0.0932. The summed E-state index contributed by atoms with van der Waals surface area (Å²) >= 11 is 0. The fourth-order valence-corrected chi connectivity index (χ4v) is 1.71. The molecule has 0 aliphatic rings. The molecule has 2 amide bonds. The first-order valence-corrected chi connectivity index (χ1v) is 7.54. The first-order valence-electron chi connectivity index (χ1n) is 5.83. The van der Waals surface area contributed by atoms with Gasteiger partial charge in [-0.15, -0.1) is 0 Å². The van der Waals surface area contributed by atoms with Gasteiger partial charge in [-0.2, -0.15) is 0 Å². The van der Waals surface area contributed by atoms with Crippen molar-refractivity contribution >= 4 is 33.8 Å². The van der Waals surface area contributed by atoms with Gasteiger partial charge in [0.05, 0.1) is 5.75 Å². The van der Waals surface area contributed by atoms with Gasteiger partial charge in [0.2, 0.25) is 10.0 Å². The van der Waals surface area contributed by atoms with E-state index in [1.54, 1.807) is 24.3 Å². The van der Waals surface area contributed by atoms with Crippen LogP contribution in [0.3, 0.4) is 0 Å². The first-order chi connectivity index (χ1) is 9.76. The van der Waals surface area contributed by atoms with Crippen LogP contribution in [0, 0.1) is 0 Å². The third kappa shape index (κ3) is 7.70. The second-order valence-electron chi connectivity index (χ2n) is 4.04. The van der Waals surface area contributed by atoms with Gasteiger partial charge in [-0.1, -0.05) is 12.1 Å². The Morgan fingerprint density at radius 1 is 1.24 bits per heavy atom. The van der Waals surface area contributed by atoms with E-state index in [2.05, 4.69) is 10.6 Å². The molecule has 0 aliphatic carbocycles. The summed E-state index contributed by atoms with van der Waals surface area (Å²) in [4.78, 5) is 21.8. The molecule has 0 spiro atoms. The van der Waals surface area contributed by atoms with Crippen molar-refractivity contribution in [1.29, 1.82) is 0 Å². The van der Waals surface area contributed by atoms with Gasteiger partial charge in [0.1, 0.15) is 0 Å². The number of anilines is 1. The van der Waals surface area contributed by atoms with Crippen LogP contribution in [0.2, 0.25) is 0 Å². The molecule has 0 atom stereocenters. The summed E-state index contributed by atoms with van der Waals surface area (Å²) in [6, 6.07) is 5.85. The van der Waals surface area contributed by atoms with E-state index < -0.39 is 22.0 Å². The van der Waals surface area contributed by atoms with E-state index >= 15 is 0 Å². The number of primary sulfonamides is 1. The van der Waals surface area contributed by atoms with Crippen LogP contribution in [0.25, 0.3) is 6.08 Å². The molecule has 0 aromatic heterocycles. The lowest BCUT2D eigenvalue weighted by Crippen LogP contribution is -2.34. The molecule has 8 nitrogen and oxygen atoms in total. The molecule has 114 valence electrons. The van der Waals surface area contributed by atoms with Gasteiger partial charge in [0.15, 0.2) is 0 Å². The molecule has 0 aliphatic heterocycles. The number of carboxylic acids is 1. The number of benzene rings is 1. The minimum absolute atomic E-state index is 0.0932. The smallest absolute Gasteiger partial charge is 0.328 e. The lowest BCUT2D eigenvalue weighted by Gasteiger charge is -2.07. The molecule has 0 radical (unpaired) electrons. The van der Waals surface area contributed by atoms with Gasteiger partial charge in [0, 0.05) is 18.3 Å². The number of aliphatic carboxylic acids is 1. The Morgan fingerprint density at radius 2 is 1.86 bits per heavy atom. The molecule has 9 heteroatoms. The number of hydrogen-bond acceptors (Lipinski definition) is 4. The van der Waals surface area contributed by atoms with Crippen LogP contribution in [0.5, 0.6) is 0 Å². The third-order valence-corrected chi connectivity index (χ3v) is 3.03. The zero-order valence-electron chi connectivity index (χ0n) is 10.9. The number of nitrogens with two attached hydrogens (primary N) is 1. The first kappa shape index (κ1) is 16.7. The van der Waals surface area contributed by atoms with Crippen LogP contribution >= 0.6 is 0 Å². The minimum Gasteiger partial charge on any atom is -0.478 e. The third-order valence-electron chi connectivity index (χ3n) is 2.26. The standard InChI is InChI=1S/C12H15N3O5S/c13-21(19,20)8-7-14-12(18)15-10-4-1-9(2-5-10)3-6-11(16)17/h1-6H,7-8H2,(H,16,17)(H2,13,19,20)(H2,14,15,18)/b6-3+. The van der Waals surface area contributed by atoms with Crippen LogP contribution in [-0.4, -0.2) is 37.8 Å². The van der Waals surface area contributed by atoms with Crippen LogP contribution in [0.1, 0.15) is 5.56 Å². The lowest BCUT2D eigenvalue weighted by atomic mass is 10.2. The zero-order valence-corrected chi connectivity index (χ0v) is 11.8. The highest BCUT2D eigenvalue weighted by Crippen LogP contribution is 2.10. The van der Waals surface area contributed by atoms with Crippen molar-refractivity contribution < 1.29 is 23.1 Å². The Kier molecular flexibility index (Phi) is 5.88. The van der Waals surface area contributed by atoms with E-state index in [9.17, 15) is 18.0 Å². The Morgan fingerprint density at radius 3 is 2.38 bits per heavy atom. The number of rotatable bonds is 6. The Labute approximate surface area is 121 Å². The van der Waals surface area contributed by atoms with Gasteiger partial charge in [-0.25, -0.2) is 23.1 Å². The number of carbonyl (C=O) groups excluding carboxylic acids is 1. The van der Waals surface area contributed by atoms with Crippen molar-refractivity contribution in [2.24, 2.45) is 5.14 Å². The molecule has 0 bridgehead atoms. The average Bonchev–Trinajstić information content (AvgIpc) is 2.36. The maximum atomic E-state index is 11.4. The predicted molar refractivity (Wildman–Crippen MR) is 78.1 cm³/mol. The van der Waals surface area contributed by atoms with Crippen molar-refractivity contribution in [3.05, 3.63) is 35.9 Å². The van der Waals surface area contributed by atoms with E-state index in [1.807, 2.05) is 0 Å². The van der Waals surface area contributed by atoms with E-state index in [0.29, 0.717) is 11.3 Å². The molecule has 1 rings (SSSR count). The normalized spacial score (nSPS) is 11.3. The molecule has 0 saturated heterocycles. The monoisotopic (exact) mass is 313 g/mol. The highest BCUT2D eigenvalue weighted by molar-refractivity contribution is 7.89. The van der Waals surface area contributed by atoms with E-state index in [1.165, 1.54) is 6.08 Å². The van der Waals surface area contributed by atoms with Crippen molar-refractivity contribution in [2.75, 3.05) is 17.6 Å². The summed E-state index contributed by atoms with van der Waals surface area (Å²) in [6.07, 6.45) is 2.42. The molecular formula is C12H15N3O5S. The average molecular weight is 313 g/mol. The molecule has 1 aromatic carbocycles. The molecular weight excluding hydrogens is 298 g/mol. The highest BCUT2D eigenvalue weighted by Gasteiger charge is 2.05. The zero-order chi connectivity index (χ0) is 15.9. The fraction of sp³-hybridized carbons (Fsp3) is 0.167. The van der Waals surface area contributed by atoms with Gasteiger partial charge >= 0.3 is 12.0 Å². The van der Waals surface area contributed by atoms with Gasteiger partial charge < -0.3 is 15.7 Å². The molecule has 0 heterocycles. The number of sulfonamides is 1. The minimum atomic E-state index is -3.61. The second kappa shape index (κ2) is 7.41. The highest BCUT2D eigenvalue weighted by atomic mass is 32.2. The fourth-order valence-electron chi connectivity index (χ4n) is 1.33. The molecule has 0 fully saturated rings. The predicted octanol–water partition coefficient (Wildman–Crippen LogP) is 0.194. The Balaban J connectivity index is 2.48. The summed E-state index contributed by atoms with van der Waals surface area (Å²) in [5.74, 6) is -1.40. The van der Waals surface area contributed by atoms with Gasteiger partial charge in [-0.3, -0.25) is 0 Å². The molecule has 0 unspecified atom stereocenters. The summed E-state index contributed by atoms with van der Waals surface area (Å²) in [5, 5.41) is 18.1. The number of hydrogen-bond donors (Lipinski definition) is 4. The number of carbonyl (C=O) groups is 2. The van der Waals surface area contributed by atoms with Gasteiger partial charge in [-0.05, 0) is 23.8 Å². The molecule has 1 aromatic rings.